The first-order chi connectivity index (χ1) is 13.0. The third-order valence-electron chi connectivity index (χ3n) is 3.44. The van der Waals surface area contributed by atoms with Gasteiger partial charge in [-0.15, -0.1) is 13.2 Å². The van der Waals surface area contributed by atoms with Crippen LogP contribution in [0.1, 0.15) is 29.8 Å². The van der Waals surface area contributed by atoms with E-state index in [1.165, 1.54) is 19.1 Å². The molecule has 1 aromatic rings. The fraction of sp³-hybridized carbons (Fsp3) is 0.421. The Kier molecular flexibility index (Phi) is 11.0. The lowest BCUT2D eigenvalue weighted by atomic mass is 10.1. The van der Waals surface area contributed by atoms with Crippen molar-refractivity contribution in [1.29, 1.82) is 0 Å². The normalized spacial score (nSPS) is 11.4. The van der Waals surface area contributed by atoms with Crippen molar-refractivity contribution in [2.45, 2.75) is 20.8 Å². The van der Waals surface area contributed by atoms with Crippen LogP contribution in [0.4, 0.5) is 10.5 Å². The Hall–Kier alpha value is -3.03. The summed E-state index contributed by atoms with van der Waals surface area (Å²) in [6.07, 6.45) is -0.579. The summed E-state index contributed by atoms with van der Waals surface area (Å²) in [5, 5.41) is 2.50. The number of nitrogens with zero attached hydrogens (tertiary/aromatic N) is 1. The minimum atomic E-state index is -0.579. The number of nitrogens with one attached hydrogen (secondary N) is 1. The van der Waals surface area contributed by atoms with Crippen molar-refractivity contribution in [3.8, 4) is 5.75 Å². The van der Waals surface area contributed by atoms with Gasteiger partial charge >= 0.3 is 12.1 Å². The van der Waals surface area contributed by atoms with Crippen LogP contribution < -0.4 is 15.0 Å². The number of hydrogen-bond acceptors (Lipinski definition) is 6. The van der Waals surface area contributed by atoms with Gasteiger partial charge in [0.25, 0.3) is 5.91 Å². The molecule has 0 saturated heterocycles. The SMILES string of the molecule is C=C.CC.COC(=O)NCCN1C(=O)COc2cc(C)c(C(=O)OC)cc21. The van der Waals surface area contributed by atoms with Crippen molar-refractivity contribution in [3.63, 3.8) is 0 Å². The standard InChI is InChI=1S/C15H18N2O6.C2H6.C2H4/c1-9-6-12-11(7-10(9)14(19)21-2)17(13(18)8-23-12)5-4-16-15(20)22-3;2*1-2/h6-7H,4-5,8H2,1-3H3,(H,16,20);1-2H3;1-2H2. The number of carbonyl (C=O) groups is 3. The molecule has 150 valence electrons. The second kappa shape index (κ2) is 12.3. The fourth-order valence-electron chi connectivity index (χ4n) is 2.27. The summed E-state index contributed by atoms with van der Waals surface area (Å²) in [5.41, 5.74) is 1.52. The smallest absolute Gasteiger partial charge is 0.406 e. The van der Waals surface area contributed by atoms with E-state index in [-0.39, 0.29) is 25.6 Å². The van der Waals surface area contributed by atoms with Gasteiger partial charge in [0, 0.05) is 13.1 Å². The maximum Gasteiger partial charge on any atom is 0.406 e. The number of carbonyl (C=O) groups excluding carboxylic acids is 3. The van der Waals surface area contributed by atoms with Crippen LogP contribution in [0.25, 0.3) is 0 Å². The molecule has 1 aliphatic rings. The van der Waals surface area contributed by atoms with E-state index in [2.05, 4.69) is 23.2 Å². The minimum Gasteiger partial charge on any atom is -0.482 e. The van der Waals surface area contributed by atoms with Crippen LogP contribution in [0.15, 0.2) is 25.3 Å². The molecule has 0 saturated carbocycles. The third kappa shape index (κ3) is 6.32. The maximum absolute atomic E-state index is 12.1. The van der Waals surface area contributed by atoms with Crippen LogP contribution in [-0.2, 0) is 14.3 Å². The van der Waals surface area contributed by atoms with Crippen LogP contribution in [0.3, 0.4) is 0 Å². The fourth-order valence-corrected chi connectivity index (χ4v) is 2.27. The van der Waals surface area contributed by atoms with E-state index in [9.17, 15) is 14.4 Å². The van der Waals surface area contributed by atoms with Crippen LogP contribution >= 0.6 is 0 Å². The van der Waals surface area contributed by atoms with Gasteiger partial charge in [0.1, 0.15) is 5.75 Å². The van der Waals surface area contributed by atoms with Gasteiger partial charge in [-0.25, -0.2) is 9.59 Å². The molecule has 0 spiro atoms. The molecule has 1 aromatic carbocycles. The Morgan fingerprint density at radius 1 is 1.22 bits per heavy atom. The van der Waals surface area contributed by atoms with Crippen molar-refractivity contribution < 1.29 is 28.6 Å². The van der Waals surface area contributed by atoms with Gasteiger partial charge < -0.3 is 24.4 Å². The molecule has 0 aromatic heterocycles. The third-order valence-corrected chi connectivity index (χ3v) is 3.44. The molecular formula is C19H28N2O6. The second-order valence-electron chi connectivity index (χ2n) is 4.88. The molecule has 8 heteroatoms. The first-order valence-corrected chi connectivity index (χ1v) is 8.46. The largest absolute Gasteiger partial charge is 0.482 e. The van der Waals surface area contributed by atoms with Gasteiger partial charge in [0.2, 0.25) is 0 Å². The average Bonchev–Trinajstić information content (AvgIpc) is 2.71. The van der Waals surface area contributed by atoms with Gasteiger partial charge in [-0.3, -0.25) is 4.79 Å². The van der Waals surface area contributed by atoms with Crippen LogP contribution in [0.5, 0.6) is 5.75 Å². The number of alkyl carbamates (subject to hydrolysis) is 1. The van der Waals surface area contributed by atoms with E-state index in [1.807, 2.05) is 13.8 Å². The molecule has 2 rings (SSSR count). The van der Waals surface area contributed by atoms with E-state index in [0.29, 0.717) is 22.6 Å². The molecule has 2 amide bonds. The molecule has 0 unspecified atom stereocenters. The lowest BCUT2D eigenvalue weighted by Crippen LogP contribution is -2.43. The first-order valence-electron chi connectivity index (χ1n) is 8.46. The number of hydrogen-bond donors (Lipinski definition) is 1. The van der Waals surface area contributed by atoms with Gasteiger partial charge in [-0.1, -0.05) is 13.8 Å². The highest BCUT2D eigenvalue weighted by Crippen LogP contribution is 2.34. The summed E-state index contributed by atoms with van der Waals surface area (Å²) in [5.74, 6) is -0.243. The van der Waals surface area contributed by atoms with Gasteiger partial charge in [0.05, 0.1) is 25.5 Å². The van der Waals surface area contributed by atoms with E-state index in [1.54, 1.807) is 19.1 Å². The molecule has 1 heterocycles. The summed E-state index contributed by atoms with van der Waals surface area (Å²) in [6.45, 7) is 12.1. The quantitative estimate of drug-likeness (QED) is 0.638. The Labute approximate surface area is 160 Å². The Morgan fingerprint density at radius 2 is 1.85 bits per heavy atom. The minimum absolute atomic E-state index is 0.0950. The maximum atomic E-state index is 12.1. The molecule has 0 atom stereocenters. The zero-order valence-corrected chi connectivity index (χ0v) is 16.6. The van der Waals surface area contributed by atoms with Gasteiger partial charge in [-0.05, 0) is 24.6 Å². The zero-order chi connectivity index (χ0) is 21.0. The number of esters is 1. The molecule has 0 radical (unpaired) electrons. The number of aryl methyl sites for hydroxylation is 1. The second-order valence-corrected chi connectivity index (χ2v) is 4.88. The predicted molar refractivity (Wildman–Crippen MR) is 103 cm³/mol. The van der Waals surface area contributed by atoms with Crippen molar-refractivity contribution in [2.75, 3.05) is 38.8 Å². The summed E-state index contributed by atoms with van der Waals surface area (Å²) in [7, 11) is 2.55. The Morgan fingerprint density at radius 3 is 2.41 bits per heavy atom. The zero-order valence-electron chi connectivity index (χ0n) is 16.6. The topological polar surface area (TPSA) is 94.2 Å². The van der Waals surface area contributed by atoms with Crippen molar-refractivity contribution >= 4 is 23.7 Å². The van der Waals surface area contributed by atoms with Crippen molar-refractivity contribution in [3.05, 3.63) is 36.4 Å². The molecule has 8 nitrogen and oxygen atoms in total. The van der Waals surface area contributed by atoms with Crippen LogP contribution in [-0.4, -0.2) is 51.9 Å². The van der Waals surface area contributed by atoms with Crippen molar-refractivity contribution in [2.24, 2.45) is 0 Å². The number of benzene rings is 1. The molecule has 0 fully saturated rings. The van der Waals surface area contributed by atoms with Gasteiger partial charge in [0.15, 0.2) is 6.61 Å². The summed E-state index contributed by atoms with van der Waals surface area (Å²) < 4.78 is 14.6. The lowest BCUT2D eigenvalue weighted by molar-refractivity contribution is -0.121. The number of amides is 2. The summed E-state index contributed by atoms with van der Waals surface area (Å²) in [4.78, 5) is 36.4. The highest BCUT2D eigenvalue weighted by Gasteiger charge is 2.27. The highest BCUT2D eigenvalue weighted by atomic mass is 16.5. The van der Waals surface area contributed by atoms with E-state index in [4.69, 9.17) is 9.47 Å². The van der Waals surface area contributed by atoms with Crippen molar-refractivity contribution in [1.82, 2.24) is 5.32 Å². The number of fused-ring (bicyclic) bond motifs is 1. The number of methoxy groups -OCH3 is 2. The molecule has 27 heavy (non-hydrogen) atoms. The molecule has 1 aliphatic heterocycles. The first kappa shape index (κ1) is 24.0. The molecule has 1 N–H and O–H groups in total. The average molecular weight is 380 g/mol. The van der Waals surface area contributed by atoms with Gasteiger partial charge in [-0.2, -0.15) is 0 Å². The number of anilines is 1. The monoisotopic (exact) mass is 380 g/mol. The summed E-state index contributed by atoms with van der Waals surface area (Å²) >= 11 is 0. The van der Waals surface area contributed by atoms with Crippen LogP contribution in [0.2, 0.25) is 0 Å². The highest BCUT2D eigenvalue weighted by molar-refractivity contribution is 6.00. The Bertz CT molecular complexity index is 660. The molecule has 0 aliphatic carbocycles. The number of ether oxygens (including phenoxy) is 3. The number of rotatable bonds is 4. The van der Waals surface area contributed by atoms with E-state index >= 15 is 0 Å². The molecule has 0 bridgehead atoms. The predicted octanol–water partition coefficient (Wildman–Crippen LogP) is 2.69. The summed E-state index contributed by atoms with van der Waals surface area (Å²) in [6, 6.07) is 3.25. The van der Waals surface area contributed by atoms with E-state index < -0.39 is 12.1 Å². The van der Waals surface area contributed by atoms with Crippen LogP contribution in [0, 0.1) is 6.92 Å². The molecular weight excluding hydrogens is 352 g/mol. The van der Waals surface area contributed by atoms with E-state index in [0.717, 1.165) is 0 Å². The Balaban J connectivity index is 0.00000158. The lowest BCUT2D eigenvalue weighted by Gasteiger charge is -2.30.